The van der Waals surface area contributed by atoms with E-state index >= 15 is 0 Å². The smallest absolute Gasteiger partial charge is 0.0619 e. The highest BCUT2D eigenvalue weighted by atomic mass is 16.5. The number of hydrogen-bond donors (Lipinski definition) is 1. The molecule has 0 bridgehead atoms. The van der Waals surface area contributed by atoms with Gasteiger partial charge < -0.3 is 10.5 Å². The van der Waals surface area contributed by atoms with Gasteiger partial charge in [-0.3, -0.25) is 0 Å². The van der Waals surface area contributed by atoms with Crippen molar-refractivity contribution < 1.29 is 4.74 Å². The minimum Gasteiger partial charge on any atom is -0.375 e. The quantitative estimate of drug-likeness (QED) is 0.727. The predicted molar refractivity (Wildman–Crippen MR) is 53.5 cm³/mol. The van der Waals surface area contributed by atoms with Crippen LogP contribution in [0, 0.1) is 5.92 Å². The molecule has 2 aliphatic rings. The molecule has 13 heavy (non-hydrogen) atoms. The Morgan fingerprint density at radius 1 is 1.00 bits per heavy atom. The van der Waals surface area contributed by atoms with Crippen LogP contribution in [0.25, 0.3) is 0 Å². The molecule has 0 aliphatic heterocycles. The van der Waals surface area contributed by atoms with E-state index in [0.29, 0.717) is 18.1 Å². The van der Waals surface area contributed by atoms with Crippen molar-refractivity contribution in [3.8, 4) is 0 Å². The van der Waals surface area contributed by atoms with Crippen LogP contribution in [0.1, 0.15) is 44.9 Å². The number of ether oxygens (including phenoxy) is 1. The van der Waals surface area contributed by atoms with Gasteiger partial charge in [-0.05, 0) is 38.1 Å². The summed E-state index contributed by atoms with van der Waals surface area (Å²) in [4.78, 5) is 0. The summed E-state index contributed by atoms with van der Waals surface area (Å²) in [6, 6.07) is 0. The molecule has 2 N–H and O–H groups in total. The van der Waals surface area contributed by atoms with Gasteiger partial charge in [-0.15, -0.1) is 0 Å². The summed E-state index contributed by atoms with van der Waals surface area (Å²) in [5.41, 5.74) is 5.72. The standard InChI is InChI=1S/C11H21NO/c12-8-9-4-3-7-11(9)13-10-5-1-2-6-10/h9-11H,1-8,12H2. The largest absolute Gasteiger partial charge is 0.375 e. The first-order valence-corrected chi connectivity index (χ1v) is 5.75. The fourth-order valence-corrected chi connectivity index (χ4v) is 2.72. The molecule has 76 valence electrons. The van der Waals surface area contributed by atoms with Gasteiger partial charge in [0.15, 0.2) is 0 Å². The first kappa shape index (κ1) is 9.47. The molecule has 2 fully saturated rings. The average molecular weight is 183 g/mol. The first-order chi connectivity index (χ1) is 6.40. The maximum absolute atomic E-state index is 6.10. The Hall–Kier alpha value is -0.0800. The lowest BCUT2D eigenvalue weighted by Crippen LogP contribution is -2.28. The number of nitrogens with two attached hydrogens (primary N) is 1. The van der Waals surface area contributed by atoms with Crippen LogP contribution in [0.5, 0.6) is 0 Å². The Morgan fingerprint density at radius 2 is 1.77 bits per heavy atom. The molecule has 0 spiro atoms. The van der Waals surface area contributed by atoms with Gasteiger partial charge in [0.05, 0.1) is 12.2 Å². The van der Waals surface area contributed by atoms with Crippen molar-refractivity contribution >= 4 is 0 Å². The van der Waals surface area contributed by atoms with Gasteiger partial charge in [0.25, 0.3) is 0 Å². The van der Waals surface area contributed by atoms with Crippen molar-refractivity contribution in [2.24, 2.45) is 11.7 Å². The lowest BCUT2D eigenvalue weighted by molar-refractivity contribution is -0.0254. The van der Waals surface area contributed by atoms with Gasteiger partial charge in [0.2, 0.25) is 0 Å². The Labute approximate surface area is 80.8 Å². The van der Waals surface area contributed by atoms with E-state index in [1.165, 1.54) is 44.9 Å². The summed E-state index contributed by atoms with van der Waals surface area (Å²) >= 11 is 0. The van der Waals surface area contributed by atoms with E-state index in [4.69, 9.17) is 10.5 Å². The number of hydrogen-bond acceptors (Lipinski definition) is 2. The van der Waals surface area contributed by atoms with Crippen LogP contribution in [-0.2, 0) is 4.74 Å². The van der Waals surface area contributed by atoms with Crippen LogP contribution in [-0.4, -0.2) is 18.8 Å². The normalized spacial score (nSPS) is 35.8. The third-order valence-electron chi connectivity index (χ3n) is 3.56. The molecular formula is C11H21NO. The molecule has 0 aromatic heterocycles. The van der Waals surface area contributed by atoms with E-state index in [1.807, 2.05) is 0 Å². The molecule has 2 heteroatoms. The molecule has 2 rings (SSSR count). The molecule has 0 heterocycles. The van der Waals surface area contributed by atoms with Crippen LogP contribution in [0.2, 0.25) is 0 Å². The van der Waals surface area contributed by atoms with Gasteiger partial charge in [0.1, 0.15) is 0 Å². The fraction of sp³-hybridized carbons (Fsp3) is 1.00. The molecule has 0 amide bonds. The van der Waals surface area contributed by atoms with Gasteiger partial charge in [-0.1, -0.05) is 19.3 Å². The van der Waals surface area contributed by atoms with Crippen molar-refractivity contribution in [3.63, 3.8) is 0 Å². The van der Waals surface area contributed by atoms with Crippen LogP contribution in [0.4, 0.5) is 0 Å². The maximum atomic E-state index is 6.10. The zero-order chi connectivity index (χ0) is 9.10. The minimum atomic E-state index is 0.494. The highest BCUT2D eigenvalue weighted by Gasteiger charge is 2.29. The van der Waals surface area contributed by atoms with Crippen molar-refractivity contribution in [2.45, 2.75) is 57.2 Å². The van der Waals surface area contributed by atoms with E-state index < -0.39 is 0 Å². The van der Waals surface area contributed by atoms with E-state index in [1.54, 1.807) is 0 Å². The van der Waals surface area contributed by atoms with Crippen molar-refractivity contribution in [3.05, 3.63) is 0 Å². The average Bonchev–Trinajstić information content (AvgIpc) is 2.76. The Balaban J connectivity index is 1.79. The van der Waals surface area contributed by atoms with Crippen molar-refractivity contribution in [2.75, 3.05) is 6.54 Å². The molecular weight excluding hydrogens is 162 g/mol. The van der Waals surface area contributed by atoms with Crippen molar-refractivity contribution in [1.82, 2.24) is 0 Å². The fourth-order valence-electron chi connectivity index (χ4n) is 2.72. The van der Waals surface area contributed by atoms with Gasteiger partial charge in [-0.2, -0.15) is 0 Å². The molecule has 0 saturated heterocycles. The maximum Gasteiger partial charge on any atom is 0.0619 e. The third-order valence-corrected chi connectivity index (χ3v) is 3.56. The molecule has 0 aromatic rings. The van der Waals surface area contributed by atoms with E-state index in [9.17, 15) is 0 Å². The molecule has 2 atom stereocenters. The summed E-state index contributed by atoms with van der Waals surface area (Å²) < 4.78 is 6.10. The highest BCUT2D eigenvalue weighted by molar-refractivity contribution is 4.81. The summed E-state index contributed by atoms with van der Waals surface area (Å²) in [6.45, 7) is 0.817. The topological polar surface area (TPSA) is 35.2 Å². The Kier molecular flexibility index (Phi) is 3.23. The molecule has 2 unspecified atom stereocenters. The summed E-state index contributed by atoms with van der Waals surface area (Å²) in [7, 11) is 0. The van der Waals surface area contributed by atoms with E-state index in [-0.39, 0.29) is 0 Å². The van der Waals surface area contributed by atoms with Crippen LogP contribution >= 0.6 is 0 Å². The Morgan fingerprint density at radius 3 is 2.46 bits per heavy atom. The van der Waals surface area contributed by atoms with Crippen molar-refractivity contribution in [1.29, 1.82) is 0 Å². The monoisotopic (exact) mass is 183 g/mol. The van der Waals surface area contributed by atoms with Crippen LogP contribution in [0.3, 0.4) is 0 Å². The second-order valence-electron chi connectivity index (χ2n) is 4.51. The van der Waals surface area contributed by atoms with Crippen LogP contribution in [0.15, 0.2) is 0 Å². The summed E-state index contributed by atoms with van der Waals surface area (Å²) in [5.74, 6) is 0.653. The van der Waals surface area contributed by atoms with Gasteiger partial charge in [0, 0.05) is 0 Å². The zero-order valence-corrected chi connectivity index (χ0v) is 8.37. The van der Waals surface area contributed by atoms with E-state index in [0.717, 1.165) is 6.54 Å². The molecule has 2 saturated carbocycles. The zero-order valence-electron chi connectivity index (χ0n) is 8.37. The molecule has 0 radical (unpaired) electrons. The molecule has 2 aliphatic carbocycles. The van der Waals surface area contributed by atoms with Gasteiger partial charge in [-0.25, -0.2) is 0 Å². The lowest BCUT2D eigenvalue weighted by atomic mass is 10.1. The Bertz CT molecular complexity index is 154. The SMILES string of the molecule is NCC1CCCC1OC1CCCC1. The third kappa shape index (κ3) is 2.23. The summed E-state index contributed by atoms with van der Waals surface area (Å²) in [5, 5.41) is 0. The second-order valence-corrected chi connectivity index (χ2v) is 4.51. The minimum absolute atomic E-state index is 0.494. The highest BCUT2D eigenvalue weighted by Crippen LogP contribution is 2.31. The first-order valence-electron chi connectivity index (χ1n) is 5.75. The van der Waals surface area contributed by atoms with Crippen LogP contribution < -0.4 is 5.73 Å². The van der Waals surface area contributed by atoms with E-state index in [2.05, 4.69) is 0 Å². The second kappa shape index (κ2) is 4.43. The van der Waals surface area contributed by atoms with Gasteiger partial charge >= 0.3 is 0 Å². The molecule has 0 aromatic carbocycles. The summed E-state index contributed by atoms with van der Waals surface area (Å²) in [6.07, 6.45) is 10.2. The number of rotatable bonds is 3. The lowest BCUT2D eigenvalue weighted by Gasteiger charge is -2.22. The molecule has 2 nitrogen and oxygen atoms in total. The predicted octanol–water partition coefficient (Wildman–Crippen LogP) is 2.07.